The molecule has 4 aromatic rings. The van der Waals surface area contributed by atoms with Gasteiger partial charge >= 0.3 is 0 Å². The second-order valence-electron chi connectivity index (χ2n) is 11.3. The van der Waals surface area contributed by atoms with Gasteiger partial charge in [-0.05, 0) is 47.4 Å². The summed E-state index contributed by atoms with van der Waals surface area (Å²) in [4.78, 5) is 2.17. The summed E-state index contributed by atoms with van der Waals surface area (Å²) in [6, 6.07) is 34.1. The maximum absolute atomic E-state index is 11.1. The molecule has 0 spiro atoms. The van der Waals surface area contributed by atoms with E-state index in [9.17, 15) is 10.2 Å². The van der Waals surface area contributed by atoms with E-state index < -0.39 is 12.4 Å². The number of nitrogens with zero attached hydrogens (tertiary/aromatic N) is 1. The standard InChI is InChI=1S/C36H42N2O4/c1-24-33(22-38(3)25(2)34(40)28-9-5-4-6-10-28)41-36(42-35(24)29-15-13-26(23-39)14-16-29)30-19-17-27(18-20-30)32-12-8-7-11-31(32)21-37/h4-20,24-25,33-36,39-40H,21-23,37H2,1-3H3/t24-,25-,33+,34-,35+,36+/m1/s1. The number of nitrogens with two attached hydrogens (primary N) is 1. The lowest BCUT2D eigenvalue weighted by molar-refractivity contribution is -0.276. The largest absolute Gasteiger partial charge is 0.392 e. The average Bonchev–Trinajstić information content (AvgIpc) is 3.05. The lowest BCUT2D eigenvalue weighted by Crippen LogP contribution is -2.46. The highest BCUT2D eigenvalue weighted by atomic mass is 16.7. The molecule has 6 nitrogen and oxygen atoms in total. The van der Waals surface area contributed by atoms with E-state index in [1.165, 1.54) is 0 Å². The molecular weight excluding hydrogens is 524 g/mol. The Kier molecular flexibility index (Phi) is 9.85. The van der Waals surface area contributed by atoms with Gasteiger partial charge in [0.05, 0.1) is 24.9 Å². The number of hydrogen-bond donors (Lipinski definition) is 3. The molecule has 6 heteroatoms. The van der Waals surface area contributed by atoms with Crippen molar-refractivity contribution in [3.05, 3.63) is 131 Å². The molecule has 0 amide bonds. The first-order valence-electron chi connectivity index (χ1n) is 14.7. The molecule has 1 heterocycles. The Bertz CT molecular complexity index is 1410. The number of likely N-dealkylation sites (N-methyl/N-ethyl adjacent to an activating group) is 1. The van der Waals surface area contributed by atoms with E-state index in [2.05, 4.69) is 48.2 Å². The second-order valence-corrected chi connectivity index (χ2v) is 11.3. The minimum Gasteiger partial charge on any atom is -0.392 e. The van der Waals surface area contributed by atoms with Gasteiger partial charge in [-0.2, -0.15) is 0 Å². The Hall–Kier alpha value is -3.36. The van der Waals surface area contributed by atoms with Gasteiger partial charge in [0.25, 0.3) is 0 Å². The fourth-order valence-corrected chi connectivity index (χ4v) is 5.75. The van der Waals surface area contributed by atoms with Crippen LogP contribution in [-0.4, -0.2) is 40.9 Å². The summed E-state index contributed by atoms with van der Waals surface area (Å²) in [6.07, 6.45) is -1.54. The van der Waals surface area contributed by atoms with Gasteiger partial charge < -0.3 is 25.4 Å². The van der Waals surface area contributed by atoms with Crippen LogP contribution in [0.4, 0.5) is 0 Å². The van der Waals surface area contributed by atoms with Crippen LogP contribution in [0.1, 0.15) is 60.2 Å². The molecule has 5 rings (SSSR count). The monoisotopic (exact) mass is 566 g/mol. The summed E-state index contributed by atoms with van der Waals surface area (Å²) in [7, 11) is 2.03. The van der Waals surface area contributed by atoms with Crippen molar-refractivity contribution in [2.45, 2.75) is 57.6 Å². The summed E-state index contributed by atoms with van der Waals surface area (Å²) in [6.45, 7) is 5.31. The third-order valence-corrected chi connectivity index (χ3v) is 8.62. The van der Waals surface area contributed by atoms with Gasteiger partial charge in [0.1, 0.15) is 0 Å². The van der Waals surface area contributed by atoms with Crippen molar-refractivity contribution in [3.8, 4) is 11.1 Å². The van der Waals surface area contributed by atoms with Crippen molar-refractivity contribution in [1.82, 2.24) is 4.90 Å². The van der Waals surface area contributed by atoms with Gasteiger partial charge in [-0.25, -0.2) is 0 Å². The zero-order chi connectivity index (χ0) is 29.6. The predicted molar refractivity (Wildman–Crippen MR) is 166 cm³/mol. The number of ether oxygens (including phenoxy) is 2. The summed E-state index contributed by atoms with van der Waals surface area (Å²) in [5.41, 5.74) is 13.1. The Morgan fingerprint density at radius 1 is 0.833 bits per heavy atom. The SMILES string of the molecule is C[C@@H]1[C@H](CN(C)[C@H](C)[C@@H](O)c2ccccc2)O[C@H](c2ccc(-c3ccccc3CN)cc2)O[C@@H]1c1ccc(CO)cc1. The molecule has 0 radical (unpaired) electrons. The van der Waals surface area contributed by atoms with E-state index in [-0.39, 0.29) is 30.8 Å². The van der Waals surface area contributed by atoms with Crippen LogP contribution in [0.15, 0.2) is 103 Å². The van der Waals surface area contributed by atoms with Crippen molar-refractivity contribution in [2.75, 3.05) is 13.6 Å². The molecule has 0 bridgehead atoms. The van der Waals surface area contributed by atoms with Crippen molar-refractivity contribution in [1.29, 1.82) is 0 Å². The first-order chi connectivity index (χ1) is 20.4. The van der Waals surface area contributed by atoms with Crippen LogP contribution >= 0.6 is 0 Å². The molecule has 220 valence electrons. The summed E-state index contributed by atoms with van der Waals surface area (Å²) < 4.78 is 13.3. The normalized spacial score (nSPS) is 22.2. The summed E-state index contributed by atoms with van der Waals surface area (Å²) >= 11 is 0. The number of rotatable bonds is 10. The van der Waals surface area contributed by atoms with E-state index in [1.54, 1.807) is 0 Å². The zero-order valence-corrected chi connectivity index (χ0v) is 24.6. The highest BCUT2D eigenvalue weighted by Gasteiger charge is 2.39. The summed E-state index contributed by atoms with van der Waals surface area (Å²) in [5, 5.41) is 20.6. The molecule has 1 aliphatic rings. The molecule has 1 aliphatic heterocycles. The van der Waals surface area contributed by atoms with Gasteiger partial charge in [-0.15, -0.1) is 0 Å². The maximum Gasteiger partial charge on any atom is 0.184 e. The molecule has 1 fully saturated rings. The molecule has 0 unspecified atom stereocenters. The van der Waals surface area contributed by atoms with Crippen LogP contribution in [0.3, 0.4) is 0 Å². The Morgan fingerprint density at radius 3 is 2.14 bits per heavy atom. The fourth-order valence-electron chi connectivity index (χ4n) is 5.75. The first-order valence-corrected chi connectivity index (χ1v) is 14.7. The van der Waals surface area contributed by atoms with E-state index in [0.717, 1.165) is 38.9 Å². The highest BCUT2D eigenvalue weighted by molar-refractivity contribution is 5.67. The number of aliphatic hydroxyl groups excluding tert-OH is 2. The highest BCUT2D eigenvalue weighted by Crippen LogP contribution is 2.42. The van der Waals surface area contributed by atoms with Crippen LogP contribution in [0, 0.1) is 5.92 Å². The van der Waals surface area contributed by atoms with Crippen LogP contribution in [-0.2, 0) is 22.6 Å². The van der Waals surface area contributed by atoms with Gasteiger partial charge in [0.2, 0.25) is 0 Å². The third kappa shape index (κ3) is 6.65. The zero-order valence-electron chi connectivity index (χ0n) is 24.6. The Balaban J connectivity index is 1.40. The van der Waals surface area contributed by atoms with Gasteiger partial charge in [0.15, 0.2) is 6.29 Å². The lowest BCUT2D eigenvalue weighted by Gasteiger charge is -2.43. The van der Waals surface area contributed by atoms with Gasteiger partial charge in [-0.3, -0.25) is 4.90 Å². The number of aliphatic hydroxyl groups is 2. The molecular formula is C36H42N2O4. The van der Waals surface area contributed by atoms with Crippen LogP contribution in [0.5, 0.6) is 0 Å². The molecule has 0 saturated carbocycles. The molecule has 6 atom stereocenters. The number of benzene rings is 4. The smallest absolute Gasteiger partial charge is 0.184 e. The average molecular weight is 567 g/mol. The molecule has 1 saturated heterocycles. The van der Waals surface area contributed by atoms with Gasteiger partial charge in [0, 0.05) is 30.6 Å². The molecule has 4 aromatic carbocycles. The summed E-state index contributed by atoms with van der Waals surface area (Å²) in [5.74, 6) is 0.0421. The molecule has 4 N–H and O–H groups in total. The predicted octanol–water partition coefficient (Wildman–Crippen LogP) is 6.15. The van der Waals surface area contributed by atoms with Crippen molar-refractivity contribution < 1.29 is 19.7 Å². The quantitative estimate of drug-likeness (QED) is 0.213. The maximum atomic E-state index is 11.1. The first kappa shape index (κ1) is 30.1. The van der Waals surface area contributed by atoms with E-state index in [1.807, 2.05) is 80.7 Å². The van der Waals surface area contributed by atoms with E-state index in [0.29, 0.717) is 13.1 Å². The van der Waals surface area contributed by atoms with Crippen molar-refractivity contribution in [3.63, 3.8) is 0 Å². The van der Waals surface area contributed by atoms with Gasteiger partial charge in [-0.1, -0.05) is 110 Å². The Morgan fingerprint density at radius 2 is 1.48 bits per heavy atom. The van der Waals surface area contributed by atoms with E-state index >= 15 is 0 Å². The van der Waals surface area contributed by atoms with Crippen LogP contribution < -0.4 is 5.73 Å². The second kappa shape index (κ2) is 13.7. The van der Waals surface area contributed by atoms with Crippen molar-refractivity contribution in [2.24, 2.45) is 11.7 Å². The Labute approximate surface area is 249 Å². The molecule has 0 aliphatic carbocycles. The third-order valence-electron chi connectivity index (χ3n) is 8.62. The van der Waals surface area contributed by atoms with Crippen LogP contribution in [0.25, 0.3) is 11.1 Å². The minimum atomic E-state index is -0.618. The van der Waals surface area contributed by atoms with Crippen molar-refractivity contribution >= 4 is 0 Å². The topological polar surface area (TPSA) is 88.2 Å². The van der Waals surface area contributed by atoms with E-state index in [4.69, 9.17) is 15.2 Å². The molecule has 0 aromatic heterocycles. The molecule has 42 heavy (non-hydrogen) atoms. The lowest BCUT2D eigenvalue weighted by atomic mass is 9.89. The minimum absolute atomic E-state index is 0.00176. The fraction of sp³-hybridized carbons (Fsp3) is 0.333. The number of hydrogen-bond acceptors (Lipinski definition) is 6. The van der Waals surface area contributed by atoms with Crippen LogP contribution in [0.2, 0.25) is 0 Å².